The third kappa shape index (κ3) is 5.93. The van der Waals surface area contributed by atoms with E-state index in [2.05, 4.69) is 0 Å². The van der Waals surface area contributed by atoms with Gasteiger partial charge in [-0.05, 0) is 56.4 Å². The SMILES string of the molecule is Cc1cc(OCCCCCC(=O)O)cc(C)c1S(=O)(=O)Cl. The minimum atomic E-state index is -3.76. The van der Waals surface area contributed by atoms with Crippen LogP contribution in [0.1, 0.15) is 36.8 Å². The standard InChI is InChI=1S/C14H19ClO5S/c1-10-8-12(9-11(2)14(10)21(15,18)19)20-7-5-3-4-6-13(16)17/h8-9H,3-7H2,1-2H3,(H,16,17). The molecule has 0 amide bonds. The molecule has 1 aromatic rings. The van der Waals surface area contributed by atoms with Crippen LogP contribution in [0.5, 0.6) is 5.75 Å². The predicted octanol–water partition coefficient (Wildman–Crippen LogP) is 3.25. The number of rotatable bonds is 8. The van der Waals surface area contributed by atoms with Crippen LogP contribution in [0.4, 0.5) is 0 Å². The van der Waals surface area contributed by atoms with Crippen LogP contribution in [0.2, 0.25) is 0 Å². The first-order valence-electron chi connectivity index (χ1n) is 6.62. The number of hydrogen-bond acceptors (Lipinski definition) is 4. The molecule has 0 aromatic heterocycles. The Morgan fingerprint density at radius 2 is 1.76 bits per heavy atom. The molecule has 0 atom stereocenters. The summed E-state index contributed by atoms with van der Waals surface area (Å²) in [5.74, 6) is -0.202. The lowest BCUT2D eigenvalue weighted by Gasteiger charge is -2.11. The lowest BCUT2D eigenvalue weighted by Crippen LogP contribution is -2.02. The van der Waals surface area contributed by atoms with Gasteiger partial charge >= 0.3 is 5.97 Å². The third-order valence-electron chi connectivity index (χ3n) is 2.98. The van der Waals surface area contributed by atoms with Crippen molar-refractivity contribution in [2.24, 2.45) is 0 Å². The number of aliphatic carboxylic acids is 1. The van der Waals surface area contributed by atoms with Crippen LogP contribution < -0.4 is 4.74 Å². The molecule has 1 N–H and O–H groups in total. The Morgan fingerprint density at radius 1 is 1.19 bits per heavy atom. The van der Waals surface area contributed by atoms with Crippen LogP contribution in [0.3, 0.4) is 0 Å². The Morgan fingerprint density at radius 3 is 2.24 bits per heavy atom. The summed E-state index contributed by atoms with van der Waals surface area (Å²) in [4.78, 5) is 10.5. The molecule has 1 aromatic carbocycles. The van der Waals surface area contributed by atoms with Crippen molar-refractivity contribution in [1.82, 2.24) is 0 Å². The van der Waals surface area contributed by atoms with E-state index in [0.29, 0.717) is 29.9 Å². The molecule has 7 heteroatoms. The first kappa shape index (κ1) is 17.8. The second kappa shape index (κ2) is 7.66. The number of aryl methyl sites for hydroxylation is 2. The van der Waals surface area contributed by atoms with Crippen LogP contribution >= 0.6 is 10.7 Å². The maximum atomic E-state index is 11.4. The lowest BCUT2D eigenvalue weighted by atomic mass is 10.1. The molecule has 118 valence electrons. The van der Waals surface area contributed by atoms with E-state index in [1.165, 1.54) is 0 Å². The predicted molar refractivity (Wildman–Crippen MR) is 80.6 cm³/mol. The van der Waals surface area contributed by atoms with Gasteiger partial charge in [0, 0.05) is 17.1 Å². The molecule has 0 unspecified atom stereocenters. The quantitative estimate of drug-likeness (QED) is 0.583. The van der Waals surface area contributed by atoms with Crippen molar-refractivity contribution in [3.8, 4) is 5.75 Å². The molecular formula is C14H19ClO5S. The van der Waals surface area contributed by atoms with Gasteiger partial charge in [0.2, 0.25) is 0 Å². The highest BCUT2D eigenvalue weighted by atomic mass is 35.7. The van der Waals surface area contributed by atoms with Crippen molar-refractivity contribution in [1.29, 1.82) is 0 Å². The summed E-state index contributed by atoms with van der Waals surface area (Å²) in [6.45, 7) is 3.80. The molecule has 21 heavy (non-hydrogen) atoms. The molecule has 0 radical (unpaired) electrons. The number of carboxylic acid groups (broad SMARTS) is 1. The van der Waals surface area contributed by atoms with E-state index in [9.17, 15) is 13.2 Å². The number of unbranched alkanes of at least 4 members (excludes halogenated alkanes) is 2. The molecule has 1 rings (SSSR count). The zero-order valence-corrected chi connectivity index (χ0v) is 13.6. The van der Waals surface area contributed by atoms with Crippen LogP contribution in [-0.2, 0) is 13.8 Å². The first-order valence-corrected chi connectivity index (χ1v) is 8.93. The summed E-state index contributed by atoms with van der Waals surface area (Å²) >= 11 is 0. The average molecular weight is 335 g/mol. The fourth-order valence-corrected chi connectivity index (χ4v) is 3.74. The molecule has 0 spiro atoms. The second-order valence-electron chi connectivity index (χ2n) is 4.88. The van der Waals surface area contributed by atoms with Crippen molar-refractivity contribution in [2.45, 2.75) is 44.4 Å². The summed E-state index contributed by atoms with van der Waals surface area (Å²) in [6, 6.07) is 3.28. The lowest BCUT2D eigenvalue weighted by molar-refractivity contribution is -0.137. The van der Waals surface area contributed by atoms with Crippen LogP contribution in [-0.4, -0.2) is 26.1 Å². The summed E-state index contributed by atoms with van der Waals surface area (Å²) in [7, 11) is 1.63. The molecule has 0 saturated heterocycles. The number of carboxylic acids is 1. The van der Waals surface area contributed by atoms with Gasteiger partial charge in [-0.15, -0.1) is 0 Å². The Labute approximate surface area is 129 Å². The molecule has 0 saturated carbocycles. The Hall–Kier alpha value is -1.27. The van der Waals surface area contributed by atoms with Crippen LogP contribution in [0.15, 0.2) is 17.0 Å². The van der Waals surface area contributed by atoms with Gasteiger partial charge in [-0.2, -0.15) is 0 Å². The highest BCUT2D eigenvalue weighted by molar-refractivity contribution is 8.13. The highest BCUT2D eigenvalue weighted by Gasteiger charge is 2.17. The van der Waals surface area contributed by atoms with Crippen molar-refractivity contribution < 1.29 is 23.1 Å². The van der Waals surface area contributed by atoms with Crippen LogP contribution in [0.25, 0.3) is 0 Å². The molecule has 0 heterocycles. The number of hydrogen-bond donors (Lipinski definition) is 1. The Balaban J connectivity index is 2.57. The van der Waals surface area contributed by atoms with Gasteiger partial charge in [0.15, 0.2) is 0 Å². The zero-order chi connectivity index (χ0) is 16.0. The maximum Gasteiger partial charge on any atom is 0.303 e. The van der Waals surface area contributed by atoms with E-state index in [0.717, 1.165) is 12.8 Å². The Bertz CT molecular complexity index is 587. The van der Waals surface area contributed by atoms with E-state index in [1.54, 1.807) is 26.0 Å². The van der Waals surface area contributed by atoms with E-state index in [1.807, 2.05) is 0 Å². The second-order valence-corrected chi connectivity index (χ2v) is 7.38. The smallest absolute Gasteiger partial charge is 0.303 e. The van der Waals surface area contributed by atoms with E-state index in [4.69, 9.17) is 20.5 Å². The Kier molecular flexibility index (Phi) is 6.48. The van der Waals surface area contributed by atoms with E-state index in [-0.39, 0.29) is 11.3 Å². The normalized spacial score (nSPS) is 11.4. The van der Waals surface area contributed by atoms with Gasteiger partial charge in [-0.1, -0.05) is 0 Å². The number of carbonyl (C=O) groups is 1. The van der Waals surface area contributed by atoms with Crippen molar-refractivity contribution in [3.05, 3.63) is 23.3 Å². The maximum absolute atomic E-state index is 11.4. The molecule has 0 aliphatic carbocycles. The zero-order valence-electron chi connectivity index (χ0n) is 12.1. The van der Waals surface area contributed by atoms with Gasteiger partial charge in [0.1, 0.15) is 5.75 Å². The van der Waals surface area contributed by atoms with Gasteiger partial charge < -0.3 is 9.84 Å². The molecule has 0 fully saturated rings. The van der Waals surface area contributed by atoms with Crippen molar-refractivity contribution >= 4 is 25.7 Å². The summed E-state index contributed by atoms with van der Waals surface area (Å²) in [5, 5.41) is 8.51. The van der Waals surface area contributed by atoms with Gasteiger partial charge in [-0.3, -0.25) is 4.79 Å². The van der Waals surface area contributed by atoms with Gasteiger partial charge in [-0.25, -0.2) is 8.42 Å². The van der Waals surface area contributed by atoms with Crippen molar-refractivity contribution in [2.75, 3.05) is 6.61 Å². The van der Waals surface area contributed by atoms with Gasteiger partial charge in [0.25, 0.3) is 9.05 Å². The summed E-state index contributed by atoms with van der Waals surface area (Å²) < 4.78 is 28.5. The van der Waals surface area contributed by atoms with E-state index >= 15 is 0 Å². The molecule has 0 aliphatic heterocycles. The van der Waals surface area contributed by atoms with Crippen LogP contribution in [0, 0.1) is 13.8 Å². The number of ether oxygens (including phenoxy) is 1. The minimum Gasteiger partial charge on any atom is -0.494 e. The number of halogens is 1. The minimum absolute atomic E-state index is 0.123. The summed E-state index contributed by atoms with van der Waals surface area (Å²) in [5.41, 5.74) is 1.09. The number of benzene rings is 1. The fraction of sp³-hybridized carbons (Fsp3) is 0.500. The molecule has 0 aliphatic rings. The monoisotopic (exact) mass is 334 g/mol. The summed E-state index contributed by atoms with van der Waals surface area (Å²) in [6.07, 6.45) is 2.32. The molecule has 0 bridgehead atoms. The topological polar surface area (TPSA) is 80.7 Å². The molecule has 5 nitrogen and oxygen atoms in total. The largest absolute Gasteiger partial charge is 0.494 e. The third-order valence-corrected chi connectivity index (χ3v) is 4.58. The van der Waals surface area contributed by atoms with E-state index < -0.39 is 15.0 Å². The first-order chi connectivity index (χ1) is 9.71. The molecular weight excluding hydrogens is 316 g/mol. The average Bonchev–Trinajstić information content (AvgIpc) is 2.30. The fourth-order valence-electron chi connectivity index (χ4n) is 2.12. The van der Waals surface area contributed by atoms with Gasteiger partial charge in [0.05, 0.1) is 11.5 Å². The highest BCUT2D eigenvalue weighted by Crippen LogP contribution is 2.28. The van der Waals surface area contributed by atoms with Crippen molar-refractivity contribution in [3.63, 3.8) is 0 Å².